The maximum atomic E-state index is 11.9. The highest BCUT2D eigenvalue weighted by atomic mass is 35.5. The highest BCUT2D eigenvalue weighted by molar-refractivity contribution is 5.85. The Hall–Kier alpha value is -2.40. The highest BCUT2D eigenvalue weighted by Gasteiger charge is 2.08. The Kier molecular flexibility index (Phi) is 12.7. The van der Waals surface area contributed by atoms with Crippen molar-refractivity contribution in [2.24, 2.45) is 14.1 Å². The molecular formula is C19H29Cl2N5O5. The van der Waals surface area contributed by atoms with Gasteiger partial charge >= 0.3 is 5.69 Å². The molecular weight excluding hydrogens is 449 g/mol. The summed E-state index contributed by atoms with van der Waals surface area (Å²) in [4.78, 5) is 36.1. The normalized spacial score (nSPS) is 10.3. The molecule has 1 aromatic carbocycles. The average Bonchev–Trinajstić information content (AvgIpc) is 2.70. The fraction of sp³-hybridized carbons (Fsp3) is 0.474. The van der Waals surface area contributed by atoms with Crippen LogP contribution in [0.1, 0.15) is 12.0 Å². The van der Waals surface area contributed by atoms with E-state index in [9.17, 15) is 24.8 Å². The lowest BCUT2D eigenvalue weighted by Crippen LogP contribution is -2.38. The van der Waals surface area contributed by atoms with Gasteiger partial charge in [0, 0.05) is 51.9 Å². The Morgan fingerprint density at radius 1 is 1.06 bits per heavy atom. The standard InChI is InChI=1S/C19H27N5O5.2ClH/c1-21-17(14-18(26)22(2)19(21)27)20-9-11-23(12-13-25)10-3-4-15-5-7-16(8-6-15)24(28)29;;/h5-8,14,20,25H,3-4,9-13H2,1-2H3;2*1H. The molecule has 0 saturated heterocycles. The molecule has 2 aromatic rings. The number of anilines is 1. The number of aliphatic hydroxyl groups is 1. The van der Waals surface area contributed by atoms with Crippen molar-refractivity contribution < 1.29 is 10.0 Å². The van der Waals surface area contributed by atoms with E-state index in [2.05, 4.69) is 10.2 Å². The zero-order chi connectivity index (χ0) is 21.4. The van der Waals surface area contributed by atoms with E-state index in [1.807, 2.05) is 0 Å². The van der Waals surface area contributed by atoms with Crippen molar-refractivity contribution in [3.63, 3.8) is 0 Å². The molecule has 0 unspecified atom stereocenters. The molecule has 12 heteroatoms. The van der Waals surface area contributed by atoms with Gasteiger partial charge in [-0.3, -0.25) is 28.9 Å². The van der Waals surface area contributed by atoms with Crippen LogP contribution < -0.4 is 16.6 Å². The molecule has 0 spiro atoms. The van der Waals surface area contributed by atoms with Crippen LogP contribution in [0.4, 0.5) is 11.5 Å². The van der Waals surface area contributed by atoms with E-state index < -0.39 is 10.6 Å². The lowest BCUT2D eigenvalue weighted by atomic mass is 10.1. The van der Waals surface area contributed by atoms with Crippen LogP contribution in [0.5, 0.6) is 0 Å². The number of halogens is 2. The topological polar surface area (TPSA) is 123 Å². The van der Waals surface area contributed by atoms with Crippen molar-refractivity contribution in [3.05, 3.63) is 66.8 Å². The largest absolute Gasteiger partial charge is 0.395 e. The van der Waals surface area contributed by atoms with Gasteiger partial charge in [0.25, 0.3) is 11.2 Å². The van der Waals surface area contributed by atoms with Crippen LogP contribution in [-0.2, 0) is 20.5 Å². The molecule has 0 aliphatic rings. The van der Waals surface area contributed by atoms with Crippen molar-refractivity contribution in [1.29, 1.82) is 0 Å². The number of hydrogen-bond acceptors (Lipinski definition) is 7. The zero-order valence-electron chi connectivity index (χ0n) is 17.5. The first kappa shape index (κ1) is 28.6. The van der Waals surface area contributed by atoms with Gasteiger partial charge in [-0.05, 0) is 24.9 Å². The summed E-state index contributed by atoms with van der Waals surface area (Å²) in [5.74, 6) is 0.452. The number of benzene rings is 1. The second-order valence-corrected chi connectivity index (χ2v) is 6.79. The first-order valence-corrected chi connectivity index (χ1v) is 9.41. The van der Waals surface area contributed by atoms with Gasteiger partial charge in [0.2, 0.25) is 0 Å². The van der Waals surface area contributed by atoms with E-state index in [-0.39, 0.29) is 42.7 Å². The Labute approximate surface area is 192 Å². The van der Waals surface area contributed by atoms with E-state index in [0.29, 0.717) is 25.5 Å². The number of nitrogens with zero attached hydrogens (tertiary/aromatic N) is 4. The van der Waals surface area contributed by atoms with Gasteiger partial charge in [-0.2, -0.15) is 0 Å². The van der Waals surface area contributed by atoms with E-state index in [1.165, 1.54) is 29.8 Å². The number of aromatic nitrogens is 2. The molecule has 0 aliphatic carbocycles. The van der Waals surface area contributed by atoms with Crippen molar-refractivity contribution in [2.75, 3.05) is 38.1 Å². The molecule has 0 atom stereocenters. The van der Waals surface area contributed by atoms with Crippen LogP contribution in [0.2, 0.25) is 0 Å². The maximum absolute atomic E-state index is 11.9. The van der Waals surface area contributed by atoms with Gasteiger partial charge in [-0.1, -0.05) is 12.1 Å². The monoisotopic (exact) mass is 477 g/mol. The molecule has 174 valence electrons. The van der Waals surface area contributed by atoms with Gasteiger partial charge in [0.1, 0.15) is 5.82 Å². The number of aliphatic hydroxyl groups excluding tert-OH is 1. The molecule has 2 N–H and O–H groups in total. The summed E-state index contributed by atoms with van der Waals surface area (Å²) < 4.78 is 2.42. The first-order chi connectivity index (χ1) is 13.8. The van der Waals surface area contributed by atoms with E-state index in [4.69, 9.17) is 0 Å². The van der Waals surface area contributed by atoms with Crippen molar-refractivity contribution in [3.8, 4) is 0 Å². The fourth-order valence-electron chi connectivity index (χ4n) is 3.01. The van der Waals surface area contributed by atoms with Crippen LogP contribution in [-0.4, -0.2) is 56.8 Å². The van der Waals surface area contributed by atoms with Gasteiger partial charge in [0.05, 0.1) is 11.5 Å². The maximum Gasteiger partial charge on any atom is 0.332 e. The van der Waals surface area contributed by atoms with E-state index in [0.717, 1.165) is 29.5 Å². The van der Waals surface area contributed by atoms with E-state index in [1.54, 1.807) is 19.2 Å². The average molecular weight is 478 g/mol. The van der Waals surface area contributed by atoms with E-state index >= 15 is 0 Å². The summed E-state index contributed by atoms with van der Waals surface area (Å²) in [7, 11) is 3.03. The number of aryl methyl sites for hydroxylation is 1. The molecule has 0 aliphatic heterocycles. The molecule has 10 nitrogen and oxygen atoms in total. The van der Waals surface area contributed by atoms with Gasteiger partial charge in [0.15, 0.2) is 0 Å². The molecule has 1 heterocycles. The highest BCUT2D eigenvalue weighted by Crippen LogP contribution is 2.13. The number of rotatable bonds is 11. The number of nitrogens with one attached hydrogen (secondary N) is 1. The summed E-state index contributed by atoms with van der Waals surface area (Å²) in [6.07, 6.45) is 1.61. The molecule has 0 amide bonds. The molecule has 31 heavy (non-hydrogen) atoms. The summed E-state index contributed by atoms with van der Waals surface area (Å²) >= 11 is 0. The van der Waals surface area contributed by atoms with Crippen molar-refractivity contribution >= 4 is 36.3 Å². The van der Waals surface area contributed by atoms with Crippen molar-refractivity contribution in [1.82, 2.24) is 14.0 Å². The third-order valence-corrected chi connectivity index (χ3v) is 4.76. The lowest BCUT2D eigenvalue weighted by molar-refractivity contribution is -0.384. The minimum Gasteiger partial charge on any atom is -0.395 e. The first-order valence-electron chi connectivity index (χ1n) is 9.41. The Balaban J connectivity index is 0.00000450. The zero-order valence-corrected chi connectivity index (χ0v) is 19.2. The molecule has 2 rings (SSSR count). The summed E-state index contributed by atoms with van der Waals surface area (Å²) in [6, 6.07) is 7.89. The van der Waals surface area contributed by atoms with Gasteiger partial charge in [-0.25, -0.2) is 4.79 Å². The summed E-state index contributed by atoms with van der Waals surface area (Å²) in [6.45, 7) is 2.43. The Bertz CT molecular complexity index is 946. The minimum atomic E-state index is -0.419. The summed E-state index contributed by atoms with van der Waals surface area (Å²) in [5, 5.41) is 23.1. The van der Waals surface area contributed by atoms with Gasteiger partial charge < -0.3 is 10.4 Å². The predicted molar refractivity (Wildman–Crippen MR) is 125 cm³/mol. The second kappa shape index (κ2) is 13.8. The van der Waals surface area contributed by atoms with Crippen LogP contribution in [0.3, 0.4) is 0 Å². The van der Waals surface area contributed by atoms with Crippen LogP contribution in [0, 0.1) is 10.1 Å². The van der Waals surface area contributed by atoms with Crippen LogP contribution in [0.15, 0.2) is 39.9 Å². The number of hydrogen-bond donors (Lipinski definition) is 2. The fourth-order valence-corrected chi connectivity index (χ4v) is 3.01. The third kappa shape index (κ3) is 8.33. The molecule has 0 bridgehead atoms. The minimum absolute atomic E-state index is 0. The Morgan fingerprint density at radius 3 is 2.29 bits per heavy atom. The smallest absolute Gasteiger partial charge is 0.332 e. The summed E-state index contributed by atoms with van der Waals surface area (Å²) in [5.41, 5.74) is 0.334. The van der Waals surface area contributed by atoms with Crippen molar-refractivity contribution in [2.45, 2.75) is 12.8 Å². The second-order valence-electron chi connectivity index (χ2n) is 6.79. The quantitative estimate of drug-likeness (QED) is 0.367. The Morgan fingerprint density at radius 2 is 1.71 bits per heavy atom. The molecule has 0 saturated carbocycles. The van der Waals surface area contributed by atoms with Gasteiger partial charge in [-0.15, -0.1) is 24.8 Å². The van der Waals surface area contributed by atoms with Crippen LogP contribution >= 0.6 is 24.8 Å². The SMILES string of the molecule is Cl.Cl.Cn1c(NCCN(CCO)CCCc2ccc([N+](=O)[O-])cc2)cc(=O)n(C)c1=O. The molecule has 0 radical (unpaired) electrons. The molecule has 0 fully saturated rings. The number of nitro groups is 1. The third-order valence-electron chi connectivity index (χ3n) is 4.76. The number of non-ortho nitro benzene ring substituents is 1. The molecule has 1 aromatic heterocycles. The van der Waals surface area contributed by atoms with Crippen LogP contribution in [0.25, 0.3) is 0 Å². The number of nitro benzene ring substituents is 1. The lowest BCUT2D eigenvalue weighted by Gasteiger charge is -2.22. The predicted octanol–water partition coefficient (Wildman–Crippen LogP) is 1.17.